The SMILES string of the molecule is C=CC(=O)OCCOC(=O)OCC1COC(=O)O1. The van der Waals surface area contributed by atoms with Crippen LogP contribution in [0.15, 0.2) is 12.7 Å². The number of hydrogen-bond donors (Lipinski definition) is 0. The molecule has 8 heteroatoms. The predicted molar refractivity (Wildman–Crippen MR) is 54.7 cm³/mol. The van der Waals surface area contributed by atoms with Gasteiger partial charge in [0, 0.05) is 6.08 Å². The summed E-state index contributed by atoms with van der Waals surface area (Å²) in [7, 11) is 0. The van der Waals surface area contributed by atoms with Crippen LogP contribution in [0.2, 0.25) is 0 Å². The molecule has 100 valence electrons. The first-order chi connectivity index (χ1) is 8.61. The maximum Gasteiger partial charge on any atom is 0.508 e. The molecule has 8 nitrogen and oxygen atoms in total. The number of ether oxygens (including phenoxy) is 5. The smallest absolute Gasteiger partial charge is 0.459 e. The first kappa shape index (κ1) is 13.8. The van der Waals surface area contributed by atoms with Crippen LogP contribution in [0, 0.1) is 0 Å². The second-order valence-electron chi connectivity index (χ2n) is 3.08. The summed E-state index contributed by atoms with van der Waals surface area (Å²) in [6, 6.07) is 0. The largest absolute Gasteiger partial charge is 0.508 e. The van der Waals surface area contributed by atoms with Gasteiger partial charge in [0.05, 0.1) is 0 Å². The number of rotatable bonds is 6. The van der Waals surface area contributed by atoms with E-state index in [1.54, 1.807) is 0 Å². The van der Waals surface area contributed by atoms with Crippen LogP contribution in [-0.2, 0) is 28.5 Å². The van der Waals surface area contributed by atoms with Gasteiger partial charge >= 0.3 is 18.3 Å². The van der Waals surface area contributed by atoms with E-state index in [4.69, 9.17) is 0 Å². The third-order valence-corrected chi connectivity index (χ3v) is 1.75. The molecule has 1 saturated heterocycles. The van der Waals surface area contributed by atoms with E-state index in [9.17, 15) is 14.4 Å². The molecular weight excluding hydrogens is 248 g/mol. The van der Waals surface area contributed by atoms with Crippen LogP contribution < -0.4 is 0 Å². The van der Waals surface area contributed by atoms with Gasteiger partial charge in [-0.1, -0.05) is 6.58 Å². The molecule has 0 bridgehead atoms. The van der Waals surface area contributed by atoms with E-state index in [1.165, 1.54) is 0 Å². The van der Waals surface area contributed by atoms with E-state index in [-0.39, 0.29) is 26.4 Å². The highest BCUT2D eigenvalue weighted by Gasteiger charge is 2.26. The Hall–Kier alpha value is -2.25. The molecule has 0 aromatic rings. The molecule has 0 amide bonds. The summed E-state index contributed by atoms with van der Waals surface area (Å²) in [5.74, 6) is -0.609. The minimum atomic E-state index is -0.951. The van der Waals surface area contributed by atoms with Crippen LogP contribution in [0.4, 0.5) is 9.59 Å². The zero-order valence-corrected chi connectivity index (χ0v) is 9.46. The Balaban J connectivity index is 2.02. The standard InChI is InChI=1S/C10H12O8/c1-2-8(11)14-3-4-15-9(12)16-5-7-6-17-10(13)18-7/h2,7H,1,3-6H2. The lowest BCUT2D eigenvalue weighted by atomic mass is 10.4. The van der Waals surface area contributed by atoms with Crippen molar-refractivity contribution >= 4 is 18.3 Å². The minimum absolute atomic E-state index is 0.0308. The number of hydrogen-bond acceptors (Lipinski definition) is 8. The molecule has 1 aliphatic heterocycles. The highest BCUT2D eigenvalue weighted by Crippen LogP contribution is 2.06. The molecule has 1 fully saturated rings. The third kappa shape index (κ3) is 5.19. The van der Waals surface area contributed by atoms with E-state index in [0.717, 1.165) is 6.08 Å². The van der Waals surface area contributed by atoms with Crippen molar-refractivity contribution in [1.82, 2.24) is 0 Å². The average Bonchev–Trinajstić information content (AvgIpc) is 2.77. The van der Waals surface area contributed by atoms with E-state index in [1.807, 2.05) is 0 Å². The molecule has 0 aromatic carbocycles. The first-order valence-electron chi connectivity index (χ1n) is 5.04. The number of carbonyl (C=O) groups is 3. The quantitative estimate of drug-likeness (QED) is 0.293. The fourth-order valence-electron chi connectivity index (χ4n) is 0.976. The molecule has 1 heterocycles. The topological polar surface area (TPSA) is 97.4 Å². The minimum Gasteiger partial charge on any atom is -0.459 e. The van der Waals surface area contributed by atoms with Gasteiger partial charge in [0.15, 0.2) is 6.10 Å². The Morgan fingerprint density at radius 1 is 1.33 bits per heavy atom. The number of esters is 1. The van der Waals surface area contributed by atoms with Gasteiger partial charge in [-0.05, 0) is 0 Å². The van der Waals surface area contributed by atoms with Gasteiger partial charge in [0.1, 0.15) is 26.4 Å². The van der Waals surface area contributed by atoms with E-state index in [0.29, 0.717) is 0 Å². The summed E-state index contributed by atoms with van der Waals surface area (Å²) >= 11 is 0. The molecule has 18 heavy (non-hydrogen) atoms. The Bertz CT molecular complexity index is 337. The van der Waals surface area contributed by atoms with Crippen molar-refractivity contribution in [2.45, 2.75) is 6.10 Å². The molecular formula is C10H12O8. The van der Waals surface area contributed by atoms with Crippen LogP contribution in [0.5, 0.6) is 0 Å². The van der Waals surface area contributed by atoms with Gasteiger partial charge in [-0.3, -0.25) is 0 Å². The van der Waals surface area contributed by atoms with E-state index < -0.39 is 24.4 Å². The van der Waals surface area contributed by atoms with Crippen LogP contribution >= 0.6 is 0 Å². The van der Waals surface area contributed by atoms with Gasteiger partial charge < -0.3 is 23.7 Å². The molecule has 0 aromatic heterocycles. The Morgan fingerprint density at radius 2 is 2.06 bits per heavy atom. The van der Waals surface area contributed by atoms with Crippen LogP contribution in [0.3, 0.4) is 0 Å². The van der Waals surface area contributed by atoms with Crippen molar-refractivity contribution in [1.29, 1.82) is 0 Å². The zero-order chi connectivity index (χ0) is 13.4. The van der Waals surface area contributed by atoms with Gasteiger partial charge in [-0.2, -0.15) is 0 Å². The lowest BCUT2D eigenvalue weighted by Crippen LogP contribution is -2.22. The maximum absolute atomic E-state index is 11.0. The fourth-order valence-corrected chi connectivity index (χ4v) is 0.976. The maximum atomic E-state index is 11.0. The molecule has 0 N–H and O–H groups in total. The molecule has 0 spiro atoms. The lowest BCUT2D eigenvalue weighted by Gasteiger charge is -2.08. The normalized spacial score (nSPS) is 17.3. The second-order valence-corrected chi connectivity index (χ2v) is 3.08. The van der Waals surface area contributed by atoms with Gasteiger partial charge in [-0.15, -0.1) is 0 Å². The van der Waals surface area contributed by atoms with Crippen molar-refractivity contribution in [2.24, 2.45) is 0 Å². The van der Waals surface area contributed by atoms with E-state index >= 15 is 0 Å². The summed E-state index contributed by atoms with van der Waals surface area (Å²) in [5, 5.41) is 0. The molecule has 0 aliphatic carbocycles. The summed E-state index contributed by atoms with van der Waals surface area (Å²) in [6.45, 7) is 2.83. The average molecular weight is 260 g/mol. The van der Waals surface area contributed by atoms with Gasteiger partial charge in [0.25, 0.3) is 0 Å². The molecule has 0 saturated carbocycles. The monoisotopic (exact) mass is 260 g/mol. The molecule has 1 aliphatic rings. The van der Waals surface area contributed by atoms with Crippen molar-refractivity contribution in [2.75, 3.05) is 26.4 Å². The van der Waals surface area contributed by atoms with Crippen molar-refractivity contribution in [3.63, 3.8) is 0 Å². The number of cyclic esters (lactones) is 2. The predicted octanol–water partition coefficient (Wildman–Crippen LogP) is 0.404. The Kier molecular flexibility index (Phi) is 5.49. The lowest BCUT2D eigenvalue weighted by molar-refractivity contribution is -0.139. The van der Waals surface area contributed by atoms with Crippen molar-refractivity contribution in [3.05, 3.63) is 12.7 Å². The summed E-state index contributed by atoms with van der Waals surface area (Å²) in [6.07, 6.45) is -1.38. The number of carbonyl (C=O) groups excluding carboxylic acids is 3. The van der Waals surface area contributed by atoms with Crippen LogP contribution in [0.1, 0.15) is 0 Å². The molecule has 1 rings (SSSR count). The highest BCUT2D eigenvalue weighted by atomic mass is 16.8. The summed E-state index contributed by atoms with van der Waals surface area (Å²) in [5.41, 5.74) is 0. The fraction of sp³-hybridized carbons (Fsp3) is 0.500. The molecule has 1 atom stereocenters. The van der Waals surface area contributed by atoms with Crippen LogP contribution in [-0.4, -0.2) is 50.8 Å². The third-order valence-electron chi connectivity index (χ3n) is 1.75. The van der Waals surface area contributed by atoms with E-state index in [2.05, 4.69) is 30.3 Å². The van der Waals surface area contributed by atoms with Crippen molar-refractivity contribution < 1.29 is 38.1 Å². The molecule has 0 radical (unpaired) electrons. The van der Waals surface area contributed by atoms with Gasteiger partial charge in [-0.25, -0.2) is 14.4 Å². The molecule has 1 unspecified atom stereocenters. The van der Waals surface area contributed by atoms with Crippen LogP contribution in [0.25, 0.3) is 0 Å². The summed E-state index contributed by atoms with van der Waals surface area (Å²) in [4.78, 5) is 32.2. The first-order valence-corrected chi connectivity index (χ1v) is 5.04. The highest BCUT2D eigenvalue weighted by molar-refractivity contribution is 5.81. The zero-order valence-electron chi connectivity index (χ0n) is 9.46. The summed E-state index contributed by atoms with van der Waals surface area (Å²) < 4.78 is 22.8. The second kappa shape index (κ2) is 7.15. The van der Waals surface area contributed by atoms with Crippen molar-refractivity contribution in [3.8, 4) is 0 Å². The van der Waals surface area contributed by atoms with Gasteiger partial charge in [0.2, 0.25) is 0 Å². The Morgan fingerprint density at radius 3 is 2.67 bits per heavy atom. The Labute approximate surface area is 102 Å².